The number of ether oxygens (including phenoxy) is 1. The molecule has 2 aliphatic heterocycles. The van der Waals surface area contributed by atoms with Crippen molar-refractivity contribution in [1.82, 2.24) is 4.90 Å². The van der Waals surface area contributed by atoms with Crippen molar-refractivity contribution >= 4 is 21.4 Å². The molecule has 3 rings (SSSR count). The third-order valence-corrected chi connectivity index (χ3v) is 4.54. The Hall–Kier alpha value is -1.75. The van der Waals surface area contributed by atoms with E-state index in [-0.39, 0.29) is 28.5 Å². The second-order valence-electron chi connectivity index (χ2n) is 4.93. The van der Waals surface area contributed by atoms with Gasteiger partial charge in [0, 0.05) is 19.2 Å². The van der Waals surface area contributed by atoms with Crippen LogP contribution in [0.1, 0.15) is 0 Å². The summed E-state index contributed by atoms with van der Waals surface area (Å²) in [6.07, 6.45) is 0.0975. The summed E-state index contributed by atoms with van der Waals surface area (Å²) in [7, 11) is -3.97. The van der Waals surface area contributed by atoms with Crippen molar-refractivity contribution in [3.05, 3.63) is 28.3 Å². The third kappa shape index (κ3) is 2.70. The smallest absolute Gasteiger partial charge is 0.293 e. The normalized spacial score (nSPS) is 27.2. The van der Waals surface area contributed by atoms with Gasteiger partial charge in [0.05, 0.1) is 22.5 Å². The monoisotopic (exact) mass is 314 g/mol. The first-order valence-corrected chi connectivity index (χ1v) is 7.85. The van der Waals surface area contributed by atoms with Crippen molar-refractivity contribution < 1.29 is 18.1 Å². The molecule has 3 N–H and O–H groups in total. The summed E-state index contributed by atoms with van der Waals surface area (Å²) in [6, 6.07) is 3.76. The Morgan fingerprint density at radius 2 is 2.29 bits per heavy atom. The van der Waals surface area contributed by atoms with Crippen molar-refractivity contribution in [2.75, 3.05) is 25.0 Å². The van der Waals surface area contributed by atoms with Crippen molar-refractivity contribution in [3.8, 4) is 0 Å². The van der Waals surface area contributed by atoms with Crippen LogP contribution in [0.25, 0.3) is 0 Å². The van der Waals surface area contributed by atoms with E-state index in [4.69, 9.17) is 9.88 Å². The standard InChI is InChI=1S/C11H14N4O5S/c12-21(18,19)7-1-2-8(9(5-7)15(16)17)13-6-10-11-14(10)3-4-20-11/h1-2,5,10-11,13H,3-4,6H2,(H2,12,18,19). The van der Waals surface area contributed by atoms with E-state index in [1.54, 1.807) is 0 Å². The van der Waals surface area contributed by atoms with E-state index < -0.39 is 14.9 Å². The number of benzene rings is 1. The Kier molecular flexibility index (Phi) is 3.32. The van der Waals surface area contributed by atoms with Crippen LogP contribution in [0.15, 0.2) is 23.1 Å². The number of sulfonamides is 1. The van der Waals surface area contributed by atoms with Crippen LogP contribution in [0.4, 0.5) is 11.4 Å². The first kappa shape index (κ1) is 14.2. The van der Waals surface area contributed by atoms with E-state index in [9.17, 15) is 18.5 Å². The van der Waals surface area contributed by atoms with Gasteiger partial charge in [-0.05, 0) is 12.1 Å². The topological polar surface area (TPSA) is 128 Å². The minimum Gasteiger partial charge on any atom is -0.378 e. The zero-order chi connectivity index (χ0) is 15.2. The van der Waals surface area contributed by atoms with Gasteiger partial charge in [-0.2, -0.15) is 0 Å². The fraction of sp³-hybridized carbons (Fsp3) is 0.455. The van der Waals surface area contributed by atoms with Crippen molar-refractivity contribution in [2.24, 2.45) is 5.14 Å². The maximum absolute atomic E-state index is 11.2. The third-order valence-electron chi connectivity index (χ3n) is 3.63. The lowest BCUT2D eigenvalue weighted by atomic mass is 10.2. The molecule has 21 heavy (non-hydrogen) atoms. The lowest BCUT2D eigenvalue weighted by Crippen LogP contribution is -2.18. The maximum atomic E-state index is 11.2. The second-order valence-corrected chi connectivity index (χ2v) is 6.49. The van der Waals surface area contributed by atoms with E-state index in [1.807, 2.05) is 0 Å². The zero-order valence-electron chi connectivity index (χ0n) is 10.9. The van der Waals surface area contributed by atoms with Crippen LogP contribution < -0.4 is 10.5 Å². The number of hydrogen-bond donors (Lipinski definition) is 2. The van der Waals surface area contributed by atoms with Gasteiger partial charge in [0.15, 0.2) is 0 Å². The molecule has 9 nitrogen and oxygen atoms in total. The highest BCUT2D eigenvalue weighted by atomic mass is 32.2. The molecule has 1 aromatic carbocycles. The number of morpholine rings is 1. The Morgan fingerprint density at radius 3 is 2.86 bits per heavy atom. The number of nitro benzene ring substituents is 1. The van der Waals surface area contributed by atoms with Gasteiger partial charge in [-0.25, -0.2) is 13.6 Å². The quantitative estimate of drug-likeness (QED) is 0.433. The first-order valence-electron chi connectivity index (χ1n) is 6.30. The molecule has 2 saturated heterocycles. The molecule has 0 saturated carbocycles. The first-order chi connectivity index (χ1) is 9.88. The van der Waals surface area contributed by atoms with Crippen LogP contribution in [0.2, 0.25) is 0 Å². The molecule has 2 fully saturated rings. The molecule has 0 amide bonds. The Morgan fingerprint density at radius 1 is 1.52 bits per heavy atom. The average Bonchev–Trinajstić information content (AvgIpc) is 2.84. The summed E-state index contributed by atoms with van der Waals surface area (Å²) in [4.78, 5) is 12.3. The fourth-order valence-electron chi connectivity index (χ4n) is 2.50. The van der Waals surface area contributed by atoms with Gasteiger partial charge in [-0.1, -0.05) is 0 Å². The summed E-state index contributed by atoms with van der Waals surface area (Å²) < 4.78 is 27.9. The minimum absolute atomic E-state index is 0.0975. The molecule has 0 bridgehead atoms. The van der Waals surface area contributed by atoms with Gasteiger partial charge in [-0.3, -0.25) is 15.0 Å². The molecule has 10 heteroatoms. The van der Waals surface area contributed by atoms with E-state index in [1.165, 1.54) is 12.1 Å². The van der Waals surface area contributed by atoms with Gasteiger partial charge in [0.1, 0.15) is 11.9 Å². The summed E-state index contributed by atoms with van der Waals surface area (Å²) in [5.41, 5.74) is -0.0539. The van der Waals surface area contributed by atoms with Gasteiger partial charge in [0.2, 0.25) is 10.0 Å². The summed E-state index contributed by atoms with van der Waals surface area (Å²) in [5, 5.41) is 19.0. The Labute approximate surface area is 120 Å². The number of hydrogen-bond acceptors (Lipinski definition) is 7. The van der Waals surface area contributed by atoms with E-state index in [0.29, 0.717) is 13.2 Å². The van der Waals surface area contributed by atoms with E-state index in [2.05, 4.69) is 10.2 Å². The van der Waals surface area contributed by atoms with Gasteiger partial charge in [-0.15, -0.1) is 0 Å². The SMILES string of the molecule is NS(=O)(=O)c1ccc(NCC2C3OCCN23)c([N+](=O)[O-])c1. The Balaban J connectivity index is 1.76. The van der Waals surface area contributed by atoms with Gasteiger partial charge < -0.3 is 10.1 Å². The van der Waals surface area contributed by atoms with Crippen molar-refractivity contribution in [3.63, 3.8) is 0 Å². The number of fused-ring (bicyclic) bond motifs is 1. The molecule has 2 heterocycles. The molecule has 0 radical (unpaired) electrons. The lowest BCUT2D eigenvalue weighted by molar-refractivity contribution is -0.384. The van der Waals surface area contributed by atoms with Crippen molar-refractivity contribution in [2.45, 2.75) is 17.2 Å². The minimum atomic E-state index is -3.97. The number of primary sulfonamides is 1. The number of anilines is 1. The second kappa shape index (κ2) is 4.91. The number of nitro groups is 1. The Bertz CT molecular complexity index is 682. The molecule has 0 spiro atoms. The number of nitrogens with two attached hydrogens (primary N) is 1. The maximum Gasteiger partial charge on any atom is 0.293 e. The predicted octanol–water partition coefficient (Wildman–Crippen LogP) is -0.305. The molecule has 114 valence electrons. The van der Waals surface area contributed by atoms with Crippen LogP contribution in [0.3, 0.4) is 0 Å². The molecule has 1 aromatic rings. The highest BCUT2D eigenvalue weighted by Crippen LogP contribution is 2.34. The van der Waals surface area contributed by atoms with Crippen LogP contribution in [0, 0.1) is 10.1 Å². The van der Waals surface area contributed by atoms with Crippen LogP contribution in [-0.4, -0.2) is 50.2 Å². The van der Waals surface area contributed by atoms with Gasteiger partial charge >= 0.3 is 0 Å². The van der Waals surface area contributed by atoms with Crippen LogP contribution in [0.5, 0.6) is 0 Å². The molecular formula is C11H14N4O5S. The zero-order valence-corrected chi connectivity index (χ0v) is 11.7. The largest absolute Gasteiger partial charge is 0.378 e. The van der Waals surface area contributed by atoms with Crippen LogP contribution in [-0.2, 0) is 14.8 Å². The predicted molar refractivity (Wildman–Crippen MR) is 73.2 cm³/mol. The van der Waals surface area contributed by atoms with Gasteiger partial charge in [0.25, 0.3) is 5.69 Å². The number of rotatable bonds is 5. The molecule has 3 atom stereocenters. The summed E-state index contributed by atoms with van der Waals surface area (Å²) in [6.45, 7) is 2.08. The highest BCUT2D eigenvalue weighted by Gasteiger charge is 2.51. The molecule has 3 unspecified atom stereocenters. The molecule has 0 aliphatic carbocycles. The summed E-state index contributed by atoms with van der Waals surface area (Å²) in [5.74, 6) is 0. The lowest BCUT2D eigenvalue weighted by Gasteiger charge is -2.09. The van der Waals surface area contributed by atoms with E-state index in [0.717, 1.165) is 12.6 Å². The highest BCUT2D eigenvalue weighted by molar-refractivity contribution is 7.89. The van der Waals surface area contributed by atoms with Crippen molar-refractivity contribution in [1.29, 1.82) is 0 Å². The average molecular weight is 314 g/mol. The molecule has 0 aromatic heterocycles. The van der Waals surface area contributed by atoms with E-state index >= 15 is 0 Å². The number of nitrogens with zero attached hydrogens (tertiary/aromatic N) is 2. The number of nitrogens with one attached hydrogen (secondary N) is 1. The molecular weight excluding hydrogens is 300 g/mol. The molecule has 2 aliphatic rings. The summed E-state index contributed by atoms with van der Waals surface area (Å²) >= 11 is 0. The van der Waals surface area contributed by atoms with Crippen LogP contribution >= 0.6 is 0 Å². The fourth-order valence-corrected chi connectivity index (χ4v) is 3.04.